The number of ether oxygens (including phenoxy) is 1. The Bertz CT molecular complexity index is 1420. The molecule has 2 aliphatic rings. The van der Waals surface area contributed by atoms with Crippen LogP contribution in [0.2, 0.25) is 0 Å². The normalized spacial score (nSPS) is 18.2. The number of cyclic esters (lactones) is 1. The van der Waals surface area contributed by atoms with Crippen LogP contribution in [0.1, 0.15) is 18.4 Å². The van der Waals surface area contributed by atoms with Crippen molar-refractivity contribution in [1.82, 2.24) is 9.62 Å². The van der Waals surface area contributed by atoms with Crippen LogP contribution in [0.3, 0.4) is 0 Å². The zero-order valence-electron chi connectivity index (χ0n) is 18.9. The zero-order valence-corrected chi connectivity index (χ0v) is 19.7. The maximum Gasteiger partial charge on any atom is 0.365 e. The molecule has 0 unspecified atom stereocenters. The first kappa shape index (κ1) is 23.2. The van der Waals surface area contributed by atoms with Gasteiger partial charge in [-0.3, -0.25) is 0 Å². The molecule has 0 saturated carbocycles. The standard InChI is InChI=1S/C26H24FN3O4S/c27-20-8-10-21(11-9-20)35(32,33)28-16-18-12-14-30(15-13-18)17-24-26(31)34-25(29-24)23-7-3-5-19-4-1-2-6-22(19)23/h1-11,17-18,28H,12-16H2/b24-17+. The van der Waals surface area contributed by atoms with Crippen molar-refractivity contribution >= 4 is 32.7 Å². The summed E-state index contributed by atoms with van der Waals surface area (Å²) in [6.07, 6.45) is 3.23. The van der Waals surface area contributed by atoms with Crippen molar-refractivity contribution in [3.05, 3.63) is 90.0 Å². The van der Waals surface area contributed by atoms with Crippen LogP contribution in [0.4, 0.5) is 4.39 Å². The van der Waals surface area contributed by atoms with Gasteiger partial charge in [0.2, 0.25) is 15.9 Å². The van der Waals surface area contributed by atoms with Gasteiger partial charge in [0.25, 0.3) is 0 Å². The van der Waals surface area contributed by atoms with Crippen LogP contribution < -0.4 is 4.72 Å². The van der Waals surface area contributed by atoms with Gasteiger partial charge in [0, 0.05) is 31.4 Å². The average Bonchev–Trinajstić information content (AvgIpc) is 3.23. The molecule has 1 N–H and O–H groups in total. The predicted octanol–water partition coefficient (Wildman–Crippen LogP) is 3.81. The van der Waals surface area contributed by atoms with Crippen LogP contribution in [0, 0.1) is 11.7 Å². The molecule has 0 atom stereocenters. The summed E-state index contributed by atoms with van der Waals surface area (Å²) in [4.78, 5) is 19.0. The Morgan fingerprint density at radius 2 is 1.74 bits per heavy atom. The van der Waals surface area contributed by atoms with Gasteiger partial charge in [-0.2, -0.15) is 0 Å². The molecule has 180 valence electrons. The van der Waals surface area contributed by atoms with Crippen LogP contribution in [0.15, 0.2) is 88.5 Å². The maximum absolute atomic E-state index is 13.1. The van der Waals surface area contributed by atoms with Crippen LogP contribution in [-0.4, -0.2) is 44.8 Å². The molecular formula is C26H24FN3O4S. The van der Waals surface area contributed by atoms with Gasteiger partial charge in [0.1, 0.15) is 5.82 Å². The highest BCUT2D eigenvalue weighted by Gasteiger charge is 2.27. The number of halogens is 1. The third-order valence-corrected chi connectivity index (χ3v) is 7.72. The largest absolute Gasteiger partial charge is 0.402 e. The zero-order chi connectivity index (χ0) is 24.4. The number of aliphatic imine (C=N–C) groups is 1. The van der Waals surface area contributed by atoms with Crippen LogP contribution >= 0.6 is 0 Å². The lowest BCUT2D eigenvalue weighted by Gasteiger charge is -2.31. The van der Waals surface area contributed by atoms with E-state index in [1.807, 2.05) is 47.4 Å². The maximum atomic E-state index is 13.1. The van der Waals surface area contributed by atoms with Gasteiger partial charge < -0.3 is 9.64 Å². The fourth-order valence-electron chi connectivity index (χ4n) is 4.31. The van der Waals surface area contributed by atoms with E-state index in [0.29, 0.717) is 25.5 Å². The van der Waals surface area contributed by atoms with Crippen molar-refractivity contribution in [3.63, 3.8) is 0 Å². The van der Waals surface area contributed by atoms with Gasteiger partial charge in [-0.05, 0) is 59.9 Å². The number of rotatable bonds is 6. The van der Waals surface area contributed by atoms with Crippen molar-refractivity contribution in [1.29, 1.82) is 0 Å². The van der Waals surface area contributed by atoms with Gasteiger partial charge in [-0.1, -0.05) is 36.4 Å². The highest BCUT2D eigenvalue weighted by Crippen LogP contribution is 2.25. The lowest BCUT2D eigenvalue weighted by Crippen LogP contribution is -2.36. The topological polar surface area (TPSA) is 88.1 Å². The number of benzene rings is 3. The van der Waals surface area contributed by atoms with Crippen molar-refractivity contribution in [3.8, 4) is 0 Å². The summed E-state index contributed by atoms with van der Waals surface area (Å²) in [5, 5.41) is 2.00. The first-order valence-corrected chi connectivity index (χ1v) is 12.9. The Kier molecular flexibility index (Phi) is 6.36. The molecule has 2 aliphatic heterocycles. The summed E-state index contributed by atoms with van der Waals surface area (Å²) >= 11 is 0. The molecule has 5 rings (SSSR count). The Labute approximate surface area is 203 Å². The van der Waals surface area contributed by atoms with Crippen LogP contribution in [-0.2, 0) is 19.6 Å². The van der Waals surface area contributed by atoms with Gasteiger partial charge in [-0.25, -0.2) is 27.3 Å². The monoisotopic (exact) mass is 493 g/mol. The number of carbonyl (C=O) groups is 1. The minimum atomic E-state index is -3.69. The lowest BCUT2D eigenvalue weighted by molar-refractivity contribution is -0.130. The van der Waals surface area contributed by atoms with Crippen LogP contribution in [0.5, 0.6) is 0 Å². The van der Waals surface area contributed by atoms with E-state index in [1.54, 1.807) is 6.20 Å². The third-order valence-electron chi connectivity index (χ3n) is 6.28. The van der Waals surface area contributed by atoms with Gasteiger partial charge in [0.15, 0.2) is 5.70 Å². The number of hydrogen-bond donors (Lipinski definition) is 1. The number of carbonyl (C=O) groups excluding carboxylic acids is 1. The molecule has 1 saturated heterocycles. The molecule has 3 aromatic rings. The van der Waals surface area contributed by atoms with Gasteiger partial charge >= 0.3 is 5.97 Å². The minimum absolute atomic E-state index is 0.0423. The predicted molar refractivity (Wildman–Crippen MR) is 131 cm³/mol. The summed E-state index contributed by atoms with van der Waals surface area (Å²) in [6, 6.07) is 18.4. The average molecular weight is 494 g/mol. The van der Waals surface area contributed by atoms with Crippen molar-refractivity contribution in [2.45, 2.75) is 17.7 Å². The second kappa shape index (κ2) is 9.59. The molecule has 9 heteroatoms. The molecule has 35 heavy (non-hydrogen) atoms. The summed E-state index contributed by atoms with van der Waals surface area (Å²) in [5.74, 6) is -0.513. The second-order valence-electron chi connectivity index (χ2n) is 8.63. The van der Waals surface area contributed by atoms with Crippen molar-refractivity contribution in [2.75, 3.05) is 19.6 Å². The van der Waals surface area contributed by atoms with E-state index in [1.165, 1.54) is 12.1 Å². The highest BCUT2D eigenvalue weighted by molar-refractivity contribution is 7.89. The van der Waals surface area contributed by atoms with E-state index in [4.69, 9.17) is 4.74 Å². The van der Waals surface area contributed by atoms with Crippen molar-refractivity contribution < 1.29 is 22.3 Å². The lowest BCUT2D eigenvalue weighted by atomic mass is 9.97. The van der Waals surface area contributed by atoms with Crippen LogP contribution in [0.25, 0.3) is 10.8 Å². The number of nitrogens with one attached hydrogen (secondary N) is 1. The summed E-state index contributed by atoms with van der Waals surface area (Å²) in [6.45, 7) is 1.63. The molecule has 1 fully saturated rings. The molecule has 2 heterocycles. The third kappa shape index (κ3) is 5.11. The number of esters is 1. The molecule has 0 aromatic heterocycles. The van der Waals surface area contributed by atoms with Gasteiger partial charge in [-0.15, -0.1) is 0 Å². The molecule has 0 radical (unpaired) electrons. The smallest absolute Gasteiger partial charge is 0.365 e. The first-order valence-electron chi connectivity index (χ1n) is 11.4. The molecule has 3 aromatic carbocycles. The Balaban J connectivity index is 1.21. The summed E-state index contributed by atoms with van der Waals surface area (Å²) in [5.41, 5.74) is 1.02. The van der Waals surface area contributed by atoms with E-state index >= 15 is 0 Å². The number of likely N-dealkylation sites (tertiary alicyclic amines) is 1. The van der Waals surface area contributed by atoms with E-state index in [2.05, 4.69) is 9.71 Å². The Hall–Kier alpha value is -3.56. The SMILES string of the molecule is O=C1OC(c2cccc3ccccc23)=N/C1=C/N1CCC(CNS(=O)(=O)c2ccc(F)cc2)CC1. The fourth-order valence-corrected chi connectivity index (χ4v) is 5.43. The summed E-state index contributed by atoms with van der Waals surface area (Å²) in [7, 11) is -3.69. The van der Waals surface area contributed by atoms with E-state index in [9.17, 15) is 17.6 Å². The number of fused-ring (bicyclic) bond motifs is 1. The molecular weight excluding hydrogens is 469 g/mol. The number of nitrogens with zero attached hydrogens (tertiary/aromatic N) is 2. The second-order valence-corrected chi connectivity index (χ2v) is 10.4. The van der Waals surface area contributed by atoms with E-state index in [-0.39, 0.29) is 16.5 Å². The fraction of sp³-hybridized carbons (Fsp3) is 0.231. The molecule has 0 aliphatic carbocycles. The highest BCUT2D eigenvalue weighted by atomic mass is 32.2. The molecule has 0 spiro atoms. The first-order chi connectivity index (χ1) is 16.9. The minimum Gasteiger partial charge on any atom is -0.402 e. The summed E-state index contributed by atoms with van der Waals surface area (Å²) < 4.78 is 46.0. The molecule has 0 bridgehead atoms. The van der Waals surface area contributed by atoms with Gasteiger partial charge in [0.05, 0.1) is 4.90 Å². The Morgan fingerprint density at radius 3 is 2.51 bits per heavy atom. The molecule has 7 nitrogen and oxygen atoms in total. The van der Waals surface area contributed by atoms with Crippen molar-refractivity contribution in [2.24, 2.45) is 10.9 Å². The number of sulfonamides is 1. The van der Waals surface area contributed by atoms with E-state index in [0.717, 1.165) is 41.3 Å². The number of piperidine rings is 1. The Morgan fingerprint density at radius 1 is 1.03 bits per heavy atom. The molecule has 0 amide bonds. The quantitative estimate of drug-likeness (QED) is 0.417. The van der Waals surface area contributed by atoms with E-state index < -0.39 is 21.8 Å². The number of hydrogen-bond acceptors (Lipinski definition) is 6.